The summed E-state index contributed by atoms with van der Waals surface area (Å²) in [6.45, 7) is 4.14. The summed E-state index contributed by atoms with van der Waals surface area (Å²) in [4.78, 5) is 37.8. The molecule has 1 aliphatic carbocycles. The number of carbonyl (C=O) groups excluding carboxylic acids is 2. The van der Waals surface area contributed by atoms with E-state index < -0.39 is 30.1 Å². The van der Waals surface area contributed by atoms with E-state index in [0.717, 1.165) is 19.3 Å². The molecule has 2 aliphatic rings. The summed E-state index contributed by atoms with van der Waals surface area (Å²) in [7, 11) is 1.24. The first-order valence-corrected chi connectivity index (χ1v) is 10.7. The van der Waals surface area contributed by atoms with Gasteiger partial charge >= 0.3 is 12.1 Å². The van der Waals surface area contributed by atoms with Crippen molar-refractivity contribution in [3.8, 4) is 0 Å². The van der Waals surface area contributed by atoms with Gasteiger partial charge in [-0.1, -0.05) is 26.7 Å². The van der Waals surface area contributed by atoms with Crippen LogP contribution in [0.25, 0.3) is 0 Å². The highest BCUT2D eigenvalue weighted by Crippen LogP contribution is 2.30. The number of carboxylic acid groups (broad SMARTS) is 1. The summed E-state index contributed by atoms with van der Waals surface area (Å²) in [6, 6.07) is -1.22. The molecule has 0 aromatic rings. The average Bonchev–Trinajstić information content (AvgIpc) is 3.24. The molecule has 0 bridgehead atoms. The lowest BCUT2D eigenvalue weighted by Gasteiger charge is -2.30. The second kappa shape index (κ2) is 11.0. The Bertz CT molecular complexity index is 738. The first-order valence-electron chi connectivity index (χ1n) is 10.7. The van der Waals surface area contributed by atoms with Crippen LogP contribution in [0.4, 0.5) is 4.79 Å². The second-order valence-corrected chi connectivity index (χ2v) is 8.43. The van der Waals surface area contributed by atoms with Gasteiger partial charge in [-0.25, -0.2) is 4.79 Å². The lowest BCUT2D eigenvalue weighted by molar-refractivity contribution is -0.143. The smallest absolute Gasteiger partial charge is 0.407 e. The van der Waals surface area contributed by atoms with Crippen LogP contribution in [0.2, 0.25) is 0 Å². The van der Waals surface area contributed by atoms with E-state index in [1.165, 1.54) is 7.11 Å². The number of alkyl carbamates (subject to hydrolysis) is 1. The summed E-state index contributed by atoms with van der Waals surface area (Å²) >= 11 is 0. The quantitative estimate of drug-likeness (QED) is 0.259. The van der Waals surface area contributed by atoms with Gasteiger partial charge in [0.2, 0.25) is 5.91 Å². The Labute approximate surface area is 182 Å². The molecule has 4 atom stereocenters. The first kappa shape index (κ1) is 24.4. The molecule has 1 heterocycles. The third kappa shape index (κ3) is 6.08. The summed E-state index contributed by atoms with van der Waals surface area (Å²) in [6.07, 6.45) is 3.61. The van der Waals surface area contributed by atoms with Crippen molar-refractivity contribution in [2.75, 3.05) is 13.7 Å². The Balaban J connectivity index is 2.15. The second-order valence-electron chi connectivity index (χ2n) is 8.43. The first-order chi connectivity index (χ1) is 14.7. The van der Waals surface area contributed by atoms with Gasteiger partial charge in [-0.15, -0.1) is 10.2 Å². The number of aliphatic carboxylic acids is 1. The lowest BCUT2D eigenvalue weighted by atomic mass is 9.78. The molecule has 0 aromatic carbocycles. The van der Waals surface area contributed by atoms with E-state index in [1.54, 1.807) is 4.90 Å². The molecule has 11 nitrogen and oxygen atoms in total. The van der Waals surface area contributed by atoms with Crippen molar-refractivity contribution in [2.45, 2.75) is 64.5 Å². The Morgan fingerprint density at radius 3 is 2.23 bits per heavy atom. The van der Waals surface area contributed by atoms with Gasteiger partial charge in [-0.05, 0) is 31.6 Å². The van der Waals surface area contributed by atoms with Gasteiger partial charge in [-0.3, -0.25) is 9.59 Å². The molecule has 6 N–H and O–H groups in total. The maximum atomic E-state index is 13.1. The Morgan fingerprint density at radius 1 is 1.03 bits per heavy atom. The zero-order chi connectivity index (χ0) is 23.1. The maximum Gasteiger partial charge on any atom is 0.407 e. The fraction of sp³-hybridized carbons (Fsp3) is 0.750. The number of nitrogens with zero attached hydrogens (tertiary/aromatic N) is 3. The number of carbonyl (C=O) groups is 3. The standard InChI is InChI=1S/C20H34N6O5/c1-11(2)15(23-20(30)31-3)18(27)26-10-6-9-14(26)17(22)25-24-16(21)12-7-4-5-8-13(12)19(28)29/h11-15H,4-10H2,1-3H3,(H2,21,24)(H2,22,25)(H,23,30)(H,28,29)/t12?,13?,14-,15-/m0/s1. The summed E-state index contributed by atoms with van der Waals surface area (Å²) in [5.74, 6) is -1.97. The van der Waals surface area contributed by atoms with E-state index in [4.69, 9.17) is 11.5 Å². The predicted octanol–water partition coefficient (Wildman–Crippen LogP) is 0.878. The number of amides is 2. The number of hydrogen-bond donors (Lipinski definition) is 4. The Kier molecular flexibility index (Phi) is 8.64. The van der Waals surface area contributed by atoms with Gasteiger partial charge in [0.15, 0.2) is 0 Å². The van der Waals surface area contributed by atoms with Crippen LogP contribution in [-0.4, -0.2) is 65.4 Å². The average molecular weight is 439 g/mol. The van der Waals surface area contributed by atoms with Crippen molar-refractivity contribution >= 4 is 29.6 Å². The highest BCUT2D eigenvalue weighted by Gasteiger charge is 2.37. The van der Waals surface area contributed by atoms with Crippen LogP contribution in [0.15, 0.2) is 10.2 Å². The monoisotopic (exact) mass is 438 g/mol. The van der Waals surface area contributed by atoms with Crippen molar-refractivity contribution in [3.05, 3.63) is 0 Å². The molecule has 2 amide bonds. The molecule has 1 saturated heterocycles. The molecule has 174 valence electrons. The molecular weight excluding hydrogens is 404 g/mol. The molecule has 0 radical (unpaired) electrons. The minimum atomic E-state index is -0.884. The number of ether oxygens (including phenoxy) is 1. The van der Waals surface area contributed by atoms with Crippen LogP contribution in [0.1, 0.15) is 52.4 Å². The molecule has 2 fully saturated rings. The van der Waals surface area contributed by atoms with Gasteiger partial charge in [0.1, 0.15) is 17.7 Å². The SMILES string of the molecule is COC(=O)N[C@H](C(=O)N1CCC[C@H]1/C(N)=N/N=C(\N)C1CCCCC1C(=O)O)C(C)C. The number of hydrogen-bond acceptors (Lipinski definition) is 6. The van der Waals surface area contributed by atoms with Crippen molar-refractivity contribution in [1.82, 2.24) is 10.2 Å². The number of nitrogens with one attached hydrogen (secondary N) is 1. The molecule has 11 heteroatoms. The minimum absolute atomic E-state index is 0.136. The normalized spacial score (nSPS) is 25.9. The number of nitrogens with two attached hydrogens (primary N) is 2. The number of likely N-dealkylation sites (tertiary alicyclic amines) is 1. The highest BCUT2D eigenvalue weighted by atomic mass is 16.5. The molecule has 1 aliphatic heterocycles. The number of amidine groups is 2. The van der Waals surface area contributed by atoms with Crippen LogP contribution in [-0.2, 0) is 14.3 Å². The van der Waals surface area contributed by atoms with E-state index in [1.807, 2.05) is 13.8 Å². The largest absolute Gasteiger partial charge is 0.481 e. The van der Waals surface area contributed by atoms with Crippen molar-refractivity contribution in [1.29, 1.82) is 0 Å². The third-order valence-corrected chi connectivity index (χ3v) is 6.01. The summed E-state index contributed by atoms with van der Waals surface area (Å²) in [5, 5.41) is 20.1. The van der Waals surface area contributed by atoms with Gasteiger partial charge < -0.3 is 31.5 Å². The van der Waals surface area contributed by atoms with E-state index in [-0.39, 0.29) is 29.4 Å². The molecule has 2 rings (SSSR count). The van der Waals surface area contributed by atoms with Gasteiger partial charge in [-0.2, -0.15) is 0 Å². The topological polar surface area (TPSA) is 173 Å². The van der Waals surface area contributed by atoms with Gasteiger partial charge in [0.05, 0.1) is 19.1 Å². The van der Waals surface area contributed by atoms with Crippen molar-refractivity contribution in [2.24, 2.45) is 39.4 Å². The maximum absolute atomic E-state index is 13.1. The van der Waals surface area contributed by atoms with Gasteiger partial charge in [0.25, 0.3) is 0 Å². The molecule has 0 aromatic heterocycles. The Hall–Kier alpha value is -2.85. The van der Waals surface area contributed by atoms with E-state index in [0.29, 0.717) is 25.8 Å². The van der Waals surface area contributed by atoms with Crippen LogP contribution < -0.4 is 16.8 Å². The summed E-state index contributed by atoms with van der Waals surface area (Å²) in [5.41, 5.74) is 12.2. The lowest BCUT2D eigenvalue weighted by Crippen LogP contribution is -2.54. The molecular formula is C20H34N6O5. The molecule has 0 spiro atoms. The van der Waals surface area contributed by atoms with Crippen molar-refractivity contribution < 1.29 is 24.2 Å². The van der Waals surface area contributed by atoms with Crippen LogP contribution in [0.3, 0.4) is 0 Å². The van der Waals surface area contributed by atoms with Gasteiger partial charge in [0, 0.05) is 12.5 Å². The van der Waals surface area contributed by atoms with Crippen LogP contribution >= 0.6 is 0 Å². The molecule has 1 saturated carbocycles. The minimum Gasteiger partial charge on any atom is -0.481 e. The predicted molar refractivity (Wildman–Crippen MR) is 115 cm³/mol. The van der Waals surface area contributed by atoms with E-state index >= 15 is 0 Å². The zero-order valence-electron chi connectivity index (χ0n) is 18.4. The highest BCUT2D eigenvalue weighted by molar-refractivity contribution is 5.94. The fourth-order valence-corrected chi connectivity index (χ4v) is 4.25. The molecule has 2 unspecified atom stereocenters. The van der Waals surface area contributed by atoms with Crippen LogP contribution in [0.5, 0.6) is 0 Å². The fourth-order valence-electron chi connectivity index (χ4n) is 4.25. The number of methoxy groups -OCH3 is 1. The number of carboxylic acids is 1. The third-order valence-electron chi connectivity index (χ3n) is 6.01. The Morgan fingerprint density at radius 2 is 1.65 bits per heavy atom. The summed E-state index contributed by atoms with van der Waals surface area (Å²) < 4.78 is 4.62. The van der Waals surface area contributed by atoms with E-state index in [9.17, 15) is 19.5 Å². The van der Waals surface area contributed by atoms with E-state index in [2.05, 4.69) is 20.3 Å². The molecule has 31 heavy (non-hydrogen) atoms. The van der Waals surface area contributed by atoms with Crippen LogP contribution in [0, 0.1) is 17.8 Å². The van der Waals surface area contributed by atoms with Crippen molar-refractivity contribution in [3.63, 3.8) is 0 Å². The number of rotatable bonds is 7. The zero-order valence-corrected chi connectivity index (χ0v) is 18.4.